The van der Waals surface area contributed by atoms with Gasteiger partial charge in [0.15, 0.2) is 11.6 Å². The molecule has 0 amide bonds. The minimum atomic E-state index is -4.47. The van der Waals surface area contributed by atoms with Gasteiger partial charge in [-0.25, -0.2) is 26.6 Å². The van der Waals surface area contributed by atoms with Crippen molar-refractivity contribution in [3.05, 3.63) is 17.6 Å². The number of nitrogens with two attached hydrogens (primary N) is 1. The Morgan fingerprint density at radius 2 is 2.00 bits per heavy atom. The Morgan fingerprint density at radius 3 is 2.40 bits per heavy atom. The number of pyridine rings is 1. The van der Waals surface area contributed by atoms with Crippen LogP contribution in [-0.4, -0.2) is 13.4 Å². The third-order valence-electron chi connectivity index (χ3n) is 1.46. The van der Waals surface area contributed by atoms with Crippen LogP contribution in [0.2, 0.25) is 0 Å². The van der Waals surface area contributed by atoms with Gasteiger partial charge in [-0.15, -0.1) is 0 Å². The van der Waals surface area contributed by atoms with Gasteiger partial charge in [0, 0.05) is 10.7 Å². The molecule has 9 heteroatoms. The van der Waals surface area contributed by atoms with Gasteiger partial charge in [-0.1, -0.05) is 0 Å². The quantitative estimate of drug-likeness (QED) is 0.821. The van der Waals surface area contributed by atoms with Crippen molar-refractivity contribution in [3.8, 4) is 0 Å². The number of halogens is 4. The maximum atomic E-state index is 13.0. The summed E-state index contributed by atoms with van der Waals surface area (Å²) in [6, 6.07) is 0.346. The van der Waals surface area contributed by atoms with E-state index in [0.717, 1.165) is 0 Å². The molecular formula is C6H4ClF3N2O2S. The summed E-state index contributed by atoms with van der Waals surface area (Å²) >= 11 is 0. The Labute approximate surface area is 87.3 Å². The second-order valence-corrected chi connectivity index (χ2v) is 5.02. The Kier molecular flexibility index (Phi) is 3.10. The predicted octanol–water partition coefficient (Wildman–Crippen LogP) is 1.67. The third-order valence-corrected chi connectivity index (χ3v) is 2.78. The number of hydrogen-bond donors (Lipinski definition) is 1. The number of nitrogen functional groups attached to an aromatic ring is 1. The van der Waals surface area contributed by atoms with Gasteiger partial charge in [0.05, 0.1) is 0 Å². The van der Waals surface area contributed by atoms with Crippen LogP contribution < -0.4 is 5.73 Å². The van der Waals surface area contributed by atoms with Crippen LogP contribution in [0.3, 0.4) is 0 Å². The number of aromatic nitrogens is 1. The molecule has 0 aliphatic rings. The molecule has 0 bridgehead atoms. The lowest BCUT2D eigenvalue weighted by atomic mass is 10.3. The molecular weight excluding hydrogens is 257 g/mol. The van der Waals surface area contributed by atoms with Gasteiger partial charge in [0.1, 0.15) is 10.6 Å². The molecule has 0 fully saturated rings. The summed E-state index contributed by atoms with van der Waals surface area (Å²) in [6.45, 7) is 0. The Morgan fingerprint density at radius 1 is 1.47 bits per heavy atom. The van der Waals surface area contributed by atoms with Crippen molar-refractivity contribution in [2.24, 2.45) is 0 Å². The van der Waals surface area contributed by atoms with Crippen molar-refractivity contribution in [1.82, 2.24) is 4.98 Å². The van der Waals surface area contributed by atoms with E-state index >= 15 is 0 Å². The molecule has 0 aliphatic heterocycles. The van der Waals surface area contributed by atoms with Gasteiger partial charge in [0.25, 0.3) is 15.5 Å². The van der Waals surface area contributed by atoms with E-state index in [1.807, 2.05) is 0 Å². The molecule has 0 saturated carbocycles. The average Bonchev–Trinajstić information content (AvgIpc) is 2.06. The summed E-state index contributed by atoms with van der Waals surface area (Å²) in [5.41, 5.74) is 3.96. The van der Waals surface area contributed by atoms with Crippen LogP contribution in [0.4, 0.5) is 19.0 Å². The zero-order chi connectivity index (χ0) is 11.8. The zero-order valence-corrected chi connectivity index (χ0v) is 8.49. The first kappa shape index (κ1) is 12.1. The van der Waals surface area contributed by atoms with Gasteiger partial charge in [-0.3, -0.25) is 0 Å². The van der Waals surface area contributed by atoms with Crippen molar-refractivity contribution in [1.29, 1.82) is 0 Å². The van der Waals surface area contributed by atoms with E-state index in [4.69, 9.17) is 16.4 Å². The standard InChI is InChI=1S/C6H4ClF3N2O2S/c7-15(13,14)3-1-2(5(9)10)12-6(11)4(3)8/h1,5H,(H2,11,12). The van der Waals surface area contributed by atoms with E-state index < -0.39 is 37.7 Å². The number of nitrogens with zero attached hydrogens (tertiary/aromatic N) is 1. The highest BCUT2D eigenvalue weighted by atomic mass is 35.7. The number of anilines is 1. The van der Waals surface area contributed by atoms with E-state index in [2.05, 4.69) is 4.98 Å². The SMILES string of the molecule is Nc1nc(C(F)F)cc(S(=O)(=O)Cl)c1F. The number of hydrogen-bond acceptors (Lipinski definition) is 4. The molecule has 0 aromatic carbocycles. The van der Waals surface area contributed by atoms with E-state index in [1.54, 1.807) is 0 Å². The Bertz CT molecular complexity index is 491. The molecule has 1 aromatic heterocycles. The van der Waals surface area contributed by atoms with Gasteiger partial charge in [0.2, 0.25) is 0 Å². The lowest BCUT2D eigenvalue weighted by Gasteiger charge is -2.05. The van der Waals surface area contributed by atoms with E-state index in [0.29, 0.717) is 6.07 Å². The highest BCUT2D eigenvalue weighted by Gasteiger charge is 2.23. The molecule has 0 spiro atoms. The molecule has 2 N–H and O–H groups in total. The Hall–Kier alpha value is -1.02. The summed E-state index contributed by atoms with van der Waals surface area (Å²) in [5, 5.41) is 0. The van der Waals surface area contributed by atoms with Crippen molar-refractivity contribution in [3.63, 3.8) is 0 Å². The van der Waals surface area contributed by atoms with Crippen LogP contribution in [-0.2, 0) is 9.05 Å². The topological polar surface area (TPSA) is 73.0 Å². The molecule has 0 unspecified atom stereocenters. The van der Waals surface area contributed by atoms with Crippen LogP contribution in [0, 0.1) is 5.82 Å². The maximum absolute atomic E-state index is 13.0. The molecule has 0 radical (unpaired) electrons. The fourth-order valence-corrected chi connectivity index (χ4v) is 1.75. The predicted molar refractivity (Wildman–Crippen MR) is 46.6 cm³/mol. The molecule has 1 rings (SSSR count). The van der Waals surface area contributed by atoms with E-state index in [9.17, 15) is 21.6 Å². The maximum Gasteiger partial charge on any atom is 0.280 e. The highest BCUT2D eigenvalue weighted by Crippen LogP contribution is 2.27. The van der Waals surface area contributed by atoms with Gasteiger partial charge in [-0.2, -0.15) is 0 Å². The summed E-state index contributed by atoms with van der Waals surface area (Å²) < 4.78 is 58.9. The third kappa shape index (κ3) is 2.51. The fraction of sp³-hybridized carbons (Fsp3) is 0.167. The monoisotopic (exact) mass is 260 g/mol. The first-order valence-corrected chi connectivity index (χ1v) is 5.73. The minimum absolute atomic E-state index is 0.346. The molecule has 1 aromatic rings. The van der Waals surface area contributed by atoms with Crippen LogP contribution in [0.5, 0.6) is 0 Å². The van der Waals surface area contributed by atoms with Gasteiger partial charge in [-0.05, 0) is 6.07 Å². The highest BCUT2D eigenvalue weighted by molar-refractivity contribution is 8.13. The second-order valence-electron chi connectivity index (χ2n) is 2.48. The summed E-state index contributed by atoms with van der Waals surface area (Å²) in [4.78, 5) is 1.87. The van der Waals surface area contributed by atoms with Crippen LogP contribution in [0.1, 0.15) is 12.1 Å². The summed E-state index contributed by atoms with van der Waals surface area (Å²) in [6.07, 6.45) is -3.06. The number of alkyl halides is 2. The van der Waals surface area contributed by atoms with Crippen LogP contribution in [0.25, 0.3) is 0 Å². The second kappa shape index (κ2) is 3.86. The van der Waals surface area contributed by atoms with E-state index in [1.165, 1.54) is 0 Å². The van der Waals surface area contributed by atoms with Crippen molar-refractivity contribution in [2.45, 2.75) is 11.3 Å². The smallest absolute Gasteiger partial charge is 0.280 e. The summed E-state index contributed by atoms with van der Waals surface area (Å²) in [5.74, 6) is -2.37. The van der Waals surface area contributed by atoms with Crippen molar-refractivity contribution in [2.75, 3.05) is 5.73 Å². The summed E-state index contributed by atoms with van der Waals surface area (Å²) in [7, 11) is 0.348. The zero-order valence-electron chi connectivity index (χ0n) is 6.92. The first-order chi connectivity index (χ1) is 6.73. The minimum Gasteiger partial charge on any atom is -0.381 e. The van der Waals surface area contributed by atoms with E-state index in [-0.39, 0.29) is 0 Å². The van der Waals surface area contributed by atoms with Crippen molar-refractivity contribution < 1.29 is 21.6 Å². The van der Waals surface area contributed by atoms with Gasteiger partial charge < -0.3 is 5.73 Å². The molecule has 0 saturated heterocycles. The molecule has 4 nitrogen and oxygen atoms in total. The average molecular weight is 261 g/mol. The lowest BCUT2D eigenvalue weighted by Crippen LogP contribution is -2.06. The van der Waals surface area contributed by atoms with Crippen LogP contribution in [0.15, 0.2) is 11.0 Å². The number of rotatable bonds is 2. The van der Waals surface area contributed by atoms with Gasteiger partial charge >= 0.3 is 0 Å². The molecule has 15 heavy (non-hydrogen) atoms. The molecule has 0 atom stereocenters. The Balaban J connectivity index is 3.52. The lowest BCUT2D eigenvalue weighted by molar-refractivity contribution is 0.145. The first-order valence-electron chi connectivity index (χ1n) is 3.42. The van der Waals surface area contributed by atoms with Crippen molar-refractivity contribution >= 4 is 25.6 Å². The van der Waals surface area contributed by atoms with Crippen LogP contribution >= 0.6 is 10.7 Å². The molecule has 1 heterocycles. The fourth-order valence-electron chi connectivity index (χ4n) is 0.834. The molecule has 84 valence electrons. The molecule has 0 aliphatic carbocycles. The largest absolute Gasteiger partial charge is 0.381 e. The normalized spacial score (nSPS) is 12.1.